The second-order valence-corrected chi connectivity index (χ2v) is 19.9. The first-order valence-electron chi connectivity index (χ1n) is 24.8. The molecule has 3 aromatic heterocycles. The number of hydrogen-bond acceptors (Lipinski definition) is 4. The highest BCUT2D eigenvalue weighted by Gasteiger charge is 2.28. The molecule has 3 heterocycles. The molecule has 71 heavy (non-hydrogen) atoms. The van der Waals surface area contributed by atoms with Gasteiger partial charge >= 0.3 is 0 Å². The lowest BCUT2D eigenvalue weighted by molar-refractivity contribution is 0.488. The molecule has 0 bridgehead atoms. The molecule has 0 spiro atoms. The van der Waals surface area contributed by atoms with Crippen LogP contribution >= 0.6 is 0 Å². The van der Waals surface area contributed by atoms with E-state index < -0.39 is 0 Å². The van der Waals surface area contributed by atoms with Gasteiger partial charge < -0.3 is 9.15 Å². The van der Waals surface area contributed by atoms with Crippen molar-refractivity contribution in [2.24, 2.45) is 0 Å². The molecular weight excluding hydrogens is 876 g/mol. The first-order chi connectivity index (χ1) is 34.4. The number of rotatable bonds is 12. The van der Waals surface area contributed by atoms with Crippen molar-refractivity contribution in [3.05, 3.63) is 204 Å². The fourth-order valence-electron chi connectivity index (χ4n) is 10.3. The summed E-state index contributed by atoms with van der Waals surface area (Å²) in [7, 11) is 0. The van der Waals surface area contributed by atoms with Crippen molar-refractivity contribution in [1.29, 1.82) is 0 Å². The highest BCUT2D eigenvalue weighted by atomic mass is 19.1. The van der Waals surface area contributed by atoms with E-state index in [1.807, 2.05) is 53.1 Å². The topological polar surface area (TPSA) is 58.0 Å². The Labute approximate surface area is 415 Å². The van der Waals surface area contributed by atoms with Gasteiger partial charge in [-0.2, -0.15) is 0 Å². The van der Waals surface area contributed by atoms with E-state index in [0.29, 0.717) is 33.9 Å². The SMILES string of the molecule is CC(C)c1cc(-c2ccccc2)cc(C(C)C)c1-n1c(-c2cccc(Oc3cc(-c4nc5cccc(F)c5n4-c4c(C(C)C)cc(-c5ccccc5)cc4C(C)C)cc4occc34)c2)nc2ccccc21. The van der Waals surface area contributed by atoms with Gasteiger partial charge in [0, 0.05) is 11.1 Å². The number of para-hydroxylation sites is 3. The standard InChI is InChI=1S/C64H57FN4O2/c1-38(2)50-32-45(42-19-11-9-12-20-42)33-51(39(3)4)60(50)68-57-28-16-15-26-55(57)66-63(68)44-23-17-24-48(31-44)71-59-37-47(36-58-49(59)29-30-70-58)64-67-56-27-18-25-54(65)62(56)69(64)61-52(40(5)6)34-46(35-53(61)41(7)8)43-21-13-10-14-22-43/h9-41H,1-8H3. The smallest absolute Gasteiger partial charge is 0.149 e. The number of ether oxygens (including phenoxy) is 1. The molecule has 11 aromatic rings. The van der Waals surface area contributed by atoms with Gasteiger partial charge in [0.15, 0.2) is 0 Å². The van der Waals surface area contributed by atoms with Crippen molar-refractivity contribution in [3.63, 3.8) is 0 Å². The Morgan fingerprint density at radius 2 is 0.958 bits per heavy atom. The molecule has 352 valence electrons. The average Bonchev–Trinajstić information content (AvgIpc) is 4.13. The molecule has 7 heteroatoms. The van der Waals surface area contributed by atoms with Crippen LogP contribution in [0.1, 0.15) is 101 Å². The molecule has 0 aliphatic heterocycles. The number of aromatic nitrogens is 4. The van der Waals surface area contributed by atoms with Crippen molar-refractivity contribution in [3.8, 4) is 67.9 Å². The average molecular weight is 933 g/mol. The zero-order valence-corrected chi connectivity index (χ0v) is 41.5. The molecule has 6 nitrogen and oxygen atoms in total. The Balaban J connectivity index is 1.07. The molecule has 11 rings (SSSR count). The van der Waals surface area contributed by atoms with E-state index in [-0.39, 0.29) is 29.5 Å². The van der Waals surface area contributed by atoms with Crippen LogP contribution in [0.5, 0.6) is 11.5 Å². The van der Waals surface area contributed by atoms with E-state index in [2.05, 4.69) is 169 Å². The molecule has 0 aliphatic carbocycles. The van der Waals surface area contributed by atoms with E-state index >= 15 is 4.39 Å². The minimum absolute atomic E-state index is 0.109. The maximum Gasteiger partial charge on any atom is 0.149 e. The number of halogens is 1. The van der Waals surface area contributed by atoms with Gasteiger partial charge in [-0.3, -0.25) is 9.13 Å². The first kappa shape index (κ1) is 45.4. The van der Waals surface area contributed by atoms with E-state index in [1.165, 1.54) is 28.3 Å². The number of imidazole rings is 2. The zero-order chi connectivity index (χ0) is 49.1. The van der Waals surface area contributed by atoms with E-state index in [9.17, 15) is 0 Å². The highest BCUT2D eigenvalue weighted by molar-refractivity contribution is 5.92. The van der Waals surface area contributed by atoms with Gasteiger partial charge in [0.1, 0.15) is 40.1 Å². The Morgan fingerprint density at radius 3 is 1.56 bits per heavy atom. The Morgan fingerprint density at radius 1 is 0.451 bits per heavy atom. The summed E-state index contributed by atoms with van der Waals surface area (Å²) in [5.41, 5.74) is 16.7. The molecule has 0 fully saturated rings. The zero-order valence-electron chi connectivity index (χ0n) is 41.5. The van der Waals surface area contributed by atoms with Crippen LogP contribution in [0.15, 0.2) is 181 Å². The monoisotopic (exact) mass is 932 g/mol. The summed E-state index contributed by atoms with van der Waals surface area (Å²) in [6.07, 6.45) is 1.68. The highest BCUT2D eigenvalue weighted by Crippen LogP contribution is 2.45. The maximum absolute atomic E-state index is 16.5. The molecule has 0 amide bonds. The van der Waals surface area contributed by atoms with Crippen molar-refractivity contribution >= 4 is 33.0 Å². The van der Waals surface area contributed by atoms with Gasteiger partial charge in [-0.05, 0) is 147 Å². The van der Waals surface area contributed by atoms with Crippen LogP contribution in [-0.4, -0.2) is 19.1 Å². The molecule has 0 saturated heterocycles. The van der Waals surface area contributed by atoms with Gasteiger partial charge in [0.05, 0.1) is 39.6 Å². The summed E-state index contributed by atoms with van der Waals surface area (Å²) in [6.45, 7) is 17.9. The molecule has 0 unspecified atom stereocenters. The Bertz CT molecular complexity index is 3710. The van der Waals surface area contributed by atoms with E-state index in [1.54, 1.807) is 12.3 Å². The lowest BCUT2D eigenvalue weighted by Crippen LogP contribution is -2.10. The minimum atomic E-state index is -0.343. The van der Waals surface area contributed by atoms with Gasteiger partial charge in [-0.25, -0.2) is 14.4 Å². The molecule has 8 aromatic carbocycles. The van der Waals surface area contributed by atoms with Crippen molar-refractivity contribution in [2.45, 2.75) is 79.1 Å². The molecule has 0 atom stereocenters. The summed E-state index contributed by atoms with van der Waals surface area (Å²) < 4.78 is 34.1. The lowest BCUT2D eigenvalue weighted by atomic mass is 9.88. The molecule has 0 saturated carbocycles. The Kier molecular flexibility index (Phi) is 11.8. The second kappa shape index (κ2) is 18.4. The predicted molar refractivity (Wildman–Crippen MR) is 290 cm³/mol. The van der Waals surface area contributed by atoms with Gasteiger partial charge in [-0.15, -0.1) is 0 Å². The van der Waals surface area contributed by atoms with Gasteiger partial charge in [0.2, 0.25) is 0 Å². The Hall–Kier alpha value is -8.03. The summed E-state index contributed by atoms with van der Waals surface area (Å²) in [5.74, 6) is 2.97. The van der Waals surface area contributed by atoms with Crippen LogP contribution in [0.25, 0.3) is 89.4 Å². The van der Waals surface area contributed by atoms with Crippen LogP contribution in [0, 0.1) is 5.82 Å². The fraction of sp³-hybridized carbons (Fsp3) is 0.188. The maximum atomic E-state index is 16.5. The summed E-state index contributed by atoms with van der Waals surface area (Å²) >= 11 is 0. The molecule has 0 N–H and O–H groups in total. The first-order valence-corrected chi connectivity index (χ1v) is 24.8. The number of fused-ring (bicyclic) bond motifs is 3. The summed E-state index contributed by atoms with van der Waals surface area (Å²) in [4.78, 5) is 10.6. The normalized spacial score (nSPS) is 12.0. The number of hydrogen-bond donors (Lipinski definition) is 0. The van der Waals surface area contributed by atoms with Crippen LogP contribution in [0.4, 0.5) is 4.39 Å². The fourth-order valence-corrected chi connectivity index (χ4v) is 10.3. The quantitative estimate of drug-likeness (QED) is 0.122. The number of benzene rings is 8. The van der Waals surface area contributed by atoms with Gasteiger partial charge in [-0.1, -0.05) is 146 Å². The van der Waals surface area contributed by atoms with Crippen LogP contribution in [0.2, 0.25) is 0 Å². The predicted octanol–water partition coefficient (Wildman–Crippen LogP) is 18.2. The van der Waals surface area contributed by atoms with E-state index in [0.717, 1.165) is 67.0 Å². The number of furan rings is 1. The van der Waals surface area contributed by atoms with Crippen molar-refractivity contribution in [1.82, 2.24) is 19.1 Å². The van der Waals surface area contributed by atoms with Crippen molar-refractivity contribution < 1.29 is 13.5 Å². The van der Waals surface area contributed by atoms with Crippen LogP contribution in [0.3, 0.4) is 0 Å². The van der Waals surface area contributed by atoms with Crippen LogP contribution < -0.4 is 4.74 Å². The third-order valence-electron chi connectivity index (χ3n) is 13.8. The van der Waals surface area contributed by atoms with Gasteiger partial charge in [0.25, 0.3) is 0 Å². The third-order valence-corrected chi connectivity index (χ3v) is 13.8. The molecular formula is C64H57FN4O2. The molecule has 0 aliphatic rings. The second-order valence-electron chi connectivity index (χ2n) is 19.9. The summed E-state index contributed by atoms with van der Waals surface area (Å²) in [5, 5.41) is 0.805. The summed E-state index contributed by atoms with van der Waals surface area (Å²) in [6, 6.07) is 58.0. The lowest BCUT2D eigenvalue weighted by Gasteiger charge is -2.24. The molecule has 0 radical (unpaired) electrons. The third kappa shape index (κ3) is 8.19. The largest absolute Gasteiger partial charge is 0.464 e. The van der Waals surface area contributed by atoms with Crippen molar-refractivity contribution in [2.75, 3.05) is 0 Å². The number of nitrogens with zero attached hydrogens (tertiary/aromatic N) is 4. The minimum Gasteiger partial charge on any atom is -0.464 e. The van der Waals surface area contributed by atoms with Crippen LogP contribution in [-0.2, 0) is 0 Å². The van der Waals surface area contributed by atoms with E-state index in [4.69, 9.17) is 19.1 Å².